The van der Waals surface area contributed by atoms with Gasteiger partial charge in [0.05, 0.1) is 0 Å². The summed E-state index contributed by atoms with van der Waals surface area (Å²) in [5.41, 5.74) is 6.00. The molecule has 0 saturated heterocycles. The van der Waals surface area contributed by atoms with Crippen molar-refractivity contribution in [1.82, 2.24) is 9.97 Å². The highest BCUT2D eigenvalue weighted by Crippen LogP contribution is 2.34. The summed E-state index contributed by atoms with van der Waals surface area (Å²) in [6, 6.07) is 2.30. The van der Waals surface area contributed by atoms with Gasteiger partial charge < -0.3 is 5.73 Å². The molecule has 0 radical (unpaired) electrons. The number of aryl methyl sites for hydroxylation is 1. The van der Waals surface area contributed by atoms with E-state index < -0.39 is 11.9 Å². The lowest BCUT2D eigenvalue weighted by molar-refractivity contribution is -0.141. The summed E-state index contributed by atoms with van der Waals surface area (Å²) in [4.78, 5) is 7.84. The number of rotatable bonds is 3. The number of hydrogen-bond acceptors (Lipinski definition) is 5. The van der Waals surface area contributed by atoms with Crippen LogP contribution in [0.2, 0.25) is 0 Å². The summed E-state index contributed by atoms with van der Waals surface area (Å²) >= 11 is 2.47. The molecule has 2 aromatic heterocycles. The molecule has 0 spiro atoms. The highest BCUT2D eigenvalue weighted by atomic mass is 32.2. The number of nitrogens with two attached hydrogens (primary N) is 1. The maximum atomic E-state index is 12.6. The molecule has 3 nitrogen and oxygen atoms in total. The summed E-state index contributed by atoms with van der Waals surface area (Å²) in [6.45, 7) is 1.96. The highest BCUT2D eigenvalue weighted by Gasteiger charge is 2.33. The van der Waals surface area contributed by atoms with E-state index >= 15 is 0 Å². The van der Waals surface area contributed by atoms with Gasteiger partial charge in [0.2, 0.25) is 0 Å². The molecule has 2 N–H and O–H groups in total. The van der Waals surface area contributed by atoms with Crippen LogP contribution in [-0.2, 0) is 12.7 Å². The van der Waals surface area contributed by atoms with E-state index in [2.05, 4.69) is 9.97 Å². The lowest BCUT2D eigenvalue weighted by Crippen LogP contribution is -2.10. The summed E-state index contributed by atoms with van der Waals surface area (Å²) in [7, 11) is 0. The molecule has 19 heavy (non-hydrogen) atoms. The molecule has 2 heterocycles. The highest BCUT2D eigenvalue weighted by molar-refractivity contribution is 8.01. The molecular weight excluding hydrogens is 295 g/mol. The van der Waals surface area contributed by atoms with Crippen molar-refractivity contribution in [2.24, 2.45) is 5.73 Å². The minimum absolute atomic E-state index is 0.137. The molecule has 0 aromatic carbocycles. The minimum atomic E-state index is -4.46. The predicted molar refractivity (Wildman–Crippen MR) is 68.1 cm³/mol. The Hall–Kier alpha value is -1.12. The maximum absolute atomic E-state index is 12.6. The van der Waals surface area contributed by atoms with Crippen LogP contribution in [0.1, 0.15) is 17.0 Å². The first-order valence-corrected chi connectivity index (χ1v) is 6.97. The monoisotopic (exact) mass is 305 g/mol. The van der Waals surface area contributed by atoms with Crippen LogP contribution < -0.4 is 5.73 Å². The largest absolute Gasteiger partial charge is 0.433 e. The van der Waals surface area contributed by atoms with Crippen LogP contribution in [0.5, 0.6) is 0 Å². The van der Waals surface area contributed by atoms with Gasteiger partial charge in [-0.1, -0.05) is 6.07 Å². The van der Waals surface area contributed by atoms with Crippen LogP contribution in [0.4, 0.5) is 13.2 Å². The second-order valence-electron chi connectivity index (χ2n) is 3.72. The maximum Gasteiger partial charge on any atom is 0.433 e. The Balaban J connectivity index is 2.36. The lowest BCUT2D eigenvalue weighted by atomic mass is 10.2. The van der Waals surface area contributed by atoms with Crippen LogP contribution in [0.3, 0.4) is 0 Å². The number of halogens is 3. The number of alkyl halides is 3. The third kappa shape index (κ3) is 3.46. The summed E-state index contributed by atoms with van der Waals surface area (Å²) in [6.07, 6.45) is -4.46. The first-order chi connectivity index (χ1) is 8.90. The van der Waals surface area contributed by atoms with Crippen molar-refractivity contribution in [2.75, 3.05) is 0 Å². The molecule has 102 valence electrons. The number of nitrogens with zero attached hydrogens (tertiary/aromatic N) is 2. The second kappa shape index (κ2) is 5.48. The third-order valence-corrected chi connectivity index (χ3v) is 4.33. The van der Waals surface area contributed by atoms with Gasteiger partial charge in [0.25, 0.3) is 0 Å². The molecule has 0 saturated carbocycles. The average molecular weight is 305 g/mol. The second-order valence-corrected chi connectivity index (χ2v) is 5.81. The van der Waals surface area contributed by atoms with Gasteiger partial charge in [-0.15, -0.1) is 11.3 Å². The fourth-order valence-corrected chi connectivity index (χ4v) is 3.21. The lowest BCUT2D eigenvalue weighted by Gasteiger charge is -2.10. The van der Waals surface area contributed by atoms with Crippen LogP contribution in [-0.4, -0.2) is 9.97 Å². The molecule has 0 aliphatic carbocycles. The van der Waals surface area contributed by atoms with Crippen LogP contribution in [0.25, 0.3) is 0 Å². The number of aromatic nitrogens is 2. The average Bonchev–Trinajstić information content (AvgIpc) is 2.73. The molecular formula is C11H10F3N3S2. The molecule has 8 heteroatoms. The molecule has 2 rings (SSSR count). The molecule has 0 bridgehead atoms. The number of hydrogen-bond donors (Lipinski definition) is 1. The van der Waals surface area contributed by atoms with Gasteiger partial charge in [0, 0.05) is 17.6 Å². The van der Waals surface area contributed by atoms with Crippen molar-refractivity contribution in [3.63, 3.8) is 0 Å². The summed E-state index contributed by atoms with van der Waals surface area (Å²) in [5, 5.41) is 2.09. The van der Waals surface area contributed by atoms with Crippen molar-refractivity contribution in [2.45, 2.75) is 29.0 Å². The number of pyridine rings is 1. The zero-order chi connectivity index (χ0) is 14.0. The van der Waals surface area contributed by atoms with E-state index in [0.717, 1.165) is 23.5 Å². The smallest absolute Gasteiger partial charge is 0.326 e. The first kappa shape index (κ1) is 14.3. The van der Waals surface area contributed by atoms with E-state index in [0.29, 0.717) is 9.90 Å². The van der Waals surface area contributed by atoms with Gasteiger partial charge in [0.15, 0.2) is 4.34 Å². The molecule has 0 unspecified atom stereocenters. The van der Waals surface area contributed by atoms with Gasteiger partial charge in [-0.05, 0) is 30.3 Å². The minimum Gasteiger partial charge on any atom is -0.326 e. The van der Waals surface area contributed by atoms with Crippen LogP contribution in [0.15, 0.2) is 26.9 Å². The van der Waals surface area contributed by atoms with E-state index in [1.807, 2.05) is 12.3 Å². The Bertz CT molecular complexity index is 581. The molecule has 0 amide bonds. The Morgan fingerprint density at radius 2 is 2.05 bits per heavy atom. The summed E-state index contributed by atoms with van der Waals surface area (Å²) < 4.78 is 38.5. The topological polar surface area (TPSA) is 51.8 Å². The van der Waals surface area contributed by atoms with E-state index in [-0.39, 0.29) is 11.6 Å². The Labute approximate surface area is 116 Å². The molecule has 0 aliphatic rings. The molecule has 0 aliphatic heterocycles. The Morgan fingerprint density at radius 1 is 1.32 bits per heavy atom. The van der Waals surface area contributed by atoms with E-state index in [1.54, 1.807) is 0 Å². The van der Waals surface area contributed by atoms with Crippen molar-refractivity contribution < 1.29 is 13.2 Å². The number of thiazole rings is 1. The van der Waals surface area contributed by atoms with Gasteiger partial charge in [-0.2, -0.15) is 13.2 Å². The van der Waals surface area contributed by atoms with Crippen LogP contribution >= 0.6 is 23.1 Å². The van der Waals surface area contributed by atoms with Gasteiger partial charge in [0.1, 0.15) is 10.7 Å². The molecule has 0 atom stereocenters. The van der Waals surface area contributed by atoms with Gasteiger partial charge in [-0.3, -0.25) is 0 Å². The summed E-state index contributed by atoms with van der Waals surface area (Å²) in [5.74, 6) is 0. The van der Waals surface area contributed by atoms with E-state index in [4.69, 9.17) is 5.73 Å². The zero-order valence-corrected chi connectivity index (χ0v) is 11.5. The standard InChI is InChI=1S/C11H10F3N3S2/c1-6-5-18-10(16-6)19-9-7(4-15)2-3-8(17-9)11(12,13)14/h2-3,5H,4,15H2,1H3. The SMILES string of the molecule is Cc1csc(Sc2nc(C(F)(F)F)ccc2CN)n1. The third-order valence-electron chi connectivity index (χ3n) is 2.23. The van der Waals surface area contributed by atoms with Crippen LogP contribution in [0, 0.1) is 6.92 Å². The van der Waals surface area contributed by atoms with Gasteiger partial charge in [-0.25, -0.2) is 9.97 Å². The van der Waals surface area contributed by atoms with Crippen molar-refractivity contribution in [3.05, 3.63) is 34.5 Å². The van der Waals surface area contributed by atoms with E-state index in [9.17, 15) is 13.2 Å². The molecule has 2 aromatic rings. The first-order valence-electron chi connectivity index (χ1n) is 5.27. The van der Waals surface area contributed by atoms with E-state index in [1.165, 1.54) is 17.4 Å². The van der Waals surface area contributed by atoms with Crippen molar-refractivity contribution in [1.29, 1.82) is 0 Å². The zero-order valence-electron chi connectivity index (χ0n) is 9.86. The normalized spacial score (nSPS) is 11.8. The Kier molecular flexibility index (Phi) is 4.12. The quantitative estimate of drug-likeness (QED) is 0.943. The fourth-order valence-electron chi connectivity index (χ4n) is 1.33. The predicted octanol–water partition coefficient (Wildman–Crippen LogP) is 3.48. The van der Waals surface area contributed by atoms with Crippen molar-refractivity contribution >= 4 is 23.1 Å². The fraction of sp³-hybridized carbons (Fsp3) is 0.273. The van der Waals surface area contributed by atoms with Gasteiger partial charge >= 0.3 is 6.18 Å². The Morgan fingerprint density at radius 3 is 2.58 bits per heavy atom. The molecule has 0 fully saturated rings. The van der Waals surface area contributed by atoms with Crippen molar-refractivity contribution in [3.8, 4) is 0 Å².